The molecule has 1 aromatic heterocycles. The zero-order chi connectivity index (χ0) is 17.4. The Morgan fingerprint density at radius 2 is 2.00 bits per heavy atom. The van der Waals surface area contributed by atoms with Crippen molar-refractivity contribution in [1.82, 2.24) is 10.6 Å². The molecule has 1 atom stereocenters. The molecule has 0 spiro atoms. The molecule has 128 valence electrons. The zero-order valence-electron chi connectivity index (χ0n) is 14.1. The van der Waals surface area contributed by atoms with E-state index in [9.17, 15) is 9.59 Å². The fourth-order valence-electron chi connectivity index (χ4n) is 3.47. The lowest BCUT2D eigenvalue weighted by molar-refractivity contribution is -0.122. The maximum absolute atomic E-state index is 12.7. The van der Waals surface area contributed by atoms with Crippen molar-refractivity contribution >= 4 is 33.6 Å². The maximum Gasteiger partial charge on any atom is 0.287 e. The molecule has 4 rings (SSSR count). The van der Waals surface area contributed by atoms with Gasteiger partial charge in [0.2, 0.25) is 5.91 Å². The minimum Gasteiger partial charge on any atom is -0.450 e. The van der Waals surface area contributed by atoms with Crippen molar-refractivity contribution in [2.45, 2.75) is 32.2 Å². The summed E-state index contributed by atoms with van der Waals surface area (Å²) in [6.45, 7) is 2.55. The zero-order valence-corrected chi connectivity index (χ0v) is 14.1. The Hall–Kier alpha value is -2.82. The molecule has 5 heteroatoms. The van der Waals surface area contributed by atoms with E-state index in [4.69, 9.17) is 4.42 Å². The molecule has 1 aliphatic heterocycles. The molecule has 5 nitrogen and oxygen atoms in total. The summed E-state index contributed by atoms with van der Waals surface area (Å²) in [6.07, 6.45) is 2.50. The van der Waals surface area contributed by atoms with E-state index in [1.54, 1.807) is 0 Å². The molecule has 1 aliphatic rings. The molecule has 1 saturated heterocycles. The van der Waals surface area contributed by atoms with E-state index < -0.39 is 6.04 Å². The Labute approximate surface area is 145 Å². The number of hydrogen-bond acceptors (Lipinski definition) is 3. The van der Waals surface area contributed by atoms with Gasteiger partial charge in [0, 0.05) is 22.9 Å². The normalized spacial score (nSPS) is 18.1. The van der Waals surface area contributed by atoms with Crippen LogP contribution in [-0.4, -0.2) is 24.4 Å². The fraction of sp³-hybridized carbons (Fsp3) is 0.300. The second kappa shape index (κ2) is 6.24. The molecule has 2 aromatic carbocycles. The quantitative estimate of drug-likeness (QED) is 0.754. The molecule has 2 N–H and O–H groups in total. The highest BCUT2D eigenvalue weighted by molar-refractivity contribution is 6.09. The Balaban J connectivity index is 1.71. The van der Waals surface area contributed by atoms with Crippen LogP contribution in [0.5, 0.6) is 0 Å². The molecular weight excluding hydrogens is 316 g/mol. The van der Waals surface area contributed by atoms with Crippen LogP contribution >= 0.6 is 0 Å². The van der Waals surface area contributed by atoms with E-state index in [0.29, 0.717) is 18.5 Å². The largest absolute Gasteiger partial charge is 0.450 e. The van der Waals surface area contributed by atoms with Gasteiger partial charge in [0.25, 0.3) is 5.91 Å². The summed E-state index contributed by atoms with van der Waals surface area (Å²) < 4.78 is 5.94. The van der Waals surface area contributed by atoms with Gasteiger partial charge >= 0.3 is 0 Å². The van der Waals surface area contributed by atoms with E-state index in [0.717, 1.165) is 34.6 Å². The van der Waals surface area contributed by atoms with Crippen LogP contribution < -0.4 is 10.6 Å². The molecule has 1 fully saturated rings. The minimum absolute atomic E-state index is 0.120. The van der Waals surface area contributed by atoms with Crippen molar-refractivity contribution in [1.29, 1.82) is 0 Å². The highest BCUT2D eigenvalue weighted by Crippen LogP contribution is 2.31. The van der Waals surface area contributed by atoms with Crippen LogP contribution in [0, 0.1) is 6.92 Å². The molecule has 0 saturated carbocycles. The Morgan fingerprint density at radius 1 is 1.16 bits per heavy atom. The summed E-state index contributed by atoms with van der Waals surface area (Å²) in [7, 11) is 0. The number of benzene rings is 2. The van der Waals surface area contributed by atoms with Crippen molar-refractivity contribution in [2.24, 2.45) is 0 Å². The molecule has 0 aliphatic carbocycles. The van der Waals surface area contributed by atoms with Crippen molar-refractivity contribution in [3.05, 3.63) is 47.7 Å². The summed E-state index contributed by atoms with van der Waals surface area (Å²) in [4.78, 5) is 24.8. The maximum atomic E-state index is 12.7. The molecular formula is C20H20N2O3. The van der Waals surface area contributed by atoms with Gasteiger partial charge in [0.15, 0.2) is 5.76 Å². The number of carbonyl (C=O) groups is 2. The van der Waals surface area contributed by atoms with Crippen molar-refractivity contribution in [2.75, 3.05) is 6.54 Å². The number of carbonyl (C=O) groups excluding carboxylic acids is 2. The van der Waals surface area contributed by atoms with Gasteiger partial charge in [-0.05, 0) is 31.6 Å². The molecule has 0 unspecified atom stereocenters. The van der Waals surface area contributed by atoms with Crippen LogP contribution in [0.1, 0.15) is 35.4 Å². The minimum atomic E-state index is -0.501. The van der Waals surface area contributed by atoms with Gasteiger partial charge in [-0.15, -0.1) is 0 Å². The number of fused-ring (bicyclic) bond motifs is 3. The van der Waals surface area contributed by atoms with Gasteiger partial charge in [-0.25, -0.2) is 0 Å². The van der Waals surface area contributed by atoms with Gasteiger partial charge in [0.1, 0.15) is 11.6 Å². The molecule has 0 radical (unpaired) electrons. The third kappa shape index (κ3) is 2.76. The summed E-state index contributed by atoms with van der Waals surface area (Å²) in [5, 5.41) is 8.64. The first-order valence-corrected chi connectivity index (χ1v) is 8.64. The Bertz CT molecular complexity index is 974. The van der Waals surface area contributed by atoms with Crippen LogP contribution in [0.4, 0.5) is 0 Å². The molecule has 2 heterocycles. The third-order valence-corrected chi connectivity index (χ3v) is 4.88. The van der Waals surface area contributed by atoms with E-state index in [2.05, 4.69) is 10.6 Å². The van der Waals surface area contributed by atoms with Gasteiger partial charge < -0.3 is 15.1 Å². The van der Waals surface area contributed by atoms with Gasteiger partial charge in [0.05, 0.1) is 0 Å². The van der Waals surface area contributed by atoms with Crippen LogP contribution in [-0.2, 0) is 4.79 Å². The highest BCUT2D eigenvalue weighted by Gasteiger charge is 2.26. The van der Waals surface area contributed by atoms with Crippen molar-refractivity contribution < 1.29 is 14.0 Å². The van der Waals surface area contributed by atoms with Gasteiger partial charge in [-0.2, -0.15) is 0 Å². The predicted molar refractivity (Wildman–Crippen MR) is 96.6 cm³/mol. The number of aryl methyl sites for hydroxylation is 1. The SMILES string of the molecule is Cc1c(C(=O)N[C@H]2CCCCNC2=O)oc2c1ccc1ccccc12. The van der Waals surface area contributed by atoms with Crippen molar-refractivity contribution in [3.63, 3.8) is 0 Å². The fourth-order valence-corrected chi connectivity index (χ4v) is 3.47. The smallest absolute Gasteiger partial charge is 0.287 e. The summed E-state index contributed by atoms with van der Waals surface area (Å²) in [6, 6.07) is 11.4. The van der Waals surface area contributed by atoms with Gasteiger partial charge in [-0.1, -0.05) is 36.4 Å². The second-order valence-corrected chi connectivity index (χ2v) is 6.53. The standard InChI is InChI=1S/C20H20N2O3/c1-12-14-10-9-13-6-2-3-7-15(13)18(14)25-17(12)20(24)22-16-8-4-5-11-21-19(16)23/h2-3,6-7,9-10,16H,4-5,8,11H2,1H3,(H,21,23)(H,22,24)/t16-/m0/s1. The number of hydrogen-bond donors (Lipinski definition) is 2. The topological polar surface area (TPSA) is 71.3 Å². The first-order chi connectivity index (χ1) is 12.1. The molecule has 0 bridgehead atoms. The lowest BCUT2D eigenvalue weighted by Gasteiger charge is -2.14. The van der Waals surface area contributed by atoms with Crippen LogP contribution in [0.25, 0.3) is 21.7 Å². The summed E-state index contributed by atoms with van der Waals surface area (Å²) in [5.74, 6) is -0.173. The second-order valence-electron chi connectivity index (χ2n) is 6.53. The van der Waals surface area contributed by atoms with Gasteiger partial charge in [-0.3, -0.25) is 9.59 Å². The molecule has 3 aromatic rings. The van der Waals surface area contributed by atoms with Crippen molar-refractivity contribution in [3.8, 4) is 0 Å². The Morgan fingerprint density at radius 3 is 2.88 bits per heavy atom. The highest BCUT2D eigenvalue weighted by atomic mass is 16.3. The summed E-state index contributed by atoms with van der Waals surface area (Å²) >= 11 is 0. The number of nitrogens with one attached hydrogen (secondary N) is 2. The van der Waals surface area contributed by atoms with Crippen LogP contribution in [0.15, 0.2) is 40.8 Å². The average Bonchev–Trinajstić information content (AvgIpc) is 2.84. The average molecular weight is 336 g/mol. The first kappa shape index (κ1) is 15.7. The van der Waals surface area contributed by atoms with E-state index in [1.807, 2.05) is 43.3 Å². The molecule has 2 amide bonds. The lowest BCUT2D eigenvalue weighted by atomic mass is 10.1. The third-order valence-electron chi connectivity index (χ3n) is 4.88. The van der Waals surface area contributed by atoms with E-state index in [-0.39, 0.29) is 17.6 Å². The van der Waals surface area contributed by atoms with E-state index in [1.165, 1.54) is 0 Å². The van der Waals surface area contributed by atoms with Crippen LogP contribution in [0.3, 0.4) is 0 Å². The number of amides is 2. The first-order valence-electron chi connectivity index (χ1n) is 8.64. The molecule has 25 heavy (non-hydrogen) atoms. The summed E-state index contributed by atoms with van der Waals surface area (Å²) in [5.41, 5.74) is 1.51. The lowest BCUT2D eigenvalue weighted by Crippen LogP contribution is -2.45. The number of rotatable bonds is 2. The monoisotopic (exact) mass is 336 g/mol. The number of furan rings is 1. The van der Waals surface area contributed by atoms with E-state index >= 15 is 0 Å². The van der Waals surface area contributed by atoms with Crippen LogP contribution in [0.2, 0.25) is 0 Å². The Kier molecular flexibility index (Phi) is 3.92. The predicted octanol–water partition coefficient (Wildman–Crippen LogP) is 3.29.